The second-order valence-electron chi connectivity index (χ2n) is 6.73. The highest BCUT2D eigenvalue weighted by Gasteiger charge is 2.27. The first-order valence-electron chi connectivity index (χ1n) is 8.68. The van der Waals surface area contributed by atoms with Crippen molar-refractivity contribution in [2.45, 2.75) is 53.1 Å². The van der Waals surface area contributed by atoms with Crippen LogP contribution < -0.4 is 4.90 Å². The molecule has 0 spiro atoms. The fourth-order valence-corrected chi connectivity index (χ4v) is 3.48. The zero-order chi connectivity index (χ0) is 18.1. The number of hydrogen-bond acceptors (Lipinski definition) is 4. The molecule has 0 amide bonds. The van der Waals surface area contributed by atoms with Crippen LogP contribution in [0.3, 0.4) is 0 Å². The van der Waals surface area contributed by atoms with E-state index in [1.165, 1.54) is 22.4 Å². The molecule has 25 heavy (non-hydrogen) atoms. The van der Waals surface area contributed by atoms with Crippen LogP contribution in [0.4, 0.5) is 23.1 Å². The molecule has 0 N–H and O–H groups in total. The molecule has 0 aliphatic carbocycles. The highest BCUT2D eigenvalue weighted by molar-refractivity contribution is 5.71. The van der Waals surface area contributed by atoms with Crippen molar-refractivity contribution in [3.8, 4) is 0 Å². The van der Waals surface area contributed by atoms with Crippen molar-refractivity contribution in [2.24, 2.45) is 10.2 Å². The third kappa shape index (κ3) is 3.02. The van der Waals surface area contributed by atoms with Crippen LogP contribution in [0, 0.1) is 20.4 Å². The minimum atomic E-state index is 0.361. The van der Waals surface area contributed by atoms with Gasteiger partial charge in [-0.15, -0.1) is 5.11 Å². The highest BCUT2D eigenvalue weighted by Crippen LogP contribution is 2.40. The fourth-order valence-electron chi connectivity index (χ4n) is 3.48. The van der Waals surface area contributed by atoms with Crippen molar-refractivity contribution in [1.82, 2.24) is 9.55 Å². The summed E-state index contributed by atoms with van der Waals surface area (Å²) in [5, 5.41) is 8.82. The Morgan fingerprint density at radius 1 is 1.36 bits per heavy atom. The lowest BCUT2D eigenvalue weighted by molar-refractivity contribution is 0.678. The van der Waals surface area contributed by atoms with Crippen molar-refractivity contribution in [3.63, 3.8) is 0 Å². The van der Waals surface area contributed by atoms with Gasteiger partial charge in [0.25, 0.3) is 5.82 Å². The quantitative estimate of drug-likeness (QED) is 0.565. The molecule has 2 heterocycles. The Kier molecular flexibility index (Phi) is 4.58. The number of fused-ring (bicyclic) bond motifs is 1. The van der Waals surface area contributed by atoms with Gasteiger partial charge in [-0.2, -0.15) is 0 Å². The Morgan fingerprint density at radius 2 is 2.12 bits per heavy atom. The van der Waals surface area contributed by atoms with E-state index in [0.29, 0.717) is 17.8 Å². The third-order valence-electron chi connectivity index (χ3n) is 4.93. The molecule has 1 aromatic carbocycles. The van der Waals surface area contributed by atoms with E-state index in [4.69, 9.17) is 6.57 Å². The average molecular weight is 336 g/mol. The van der Waals surface area contributed by atoms with Gasteiger partial charge in [0.1, 0.15) is 0 Å². The van der Waals surface area contributed by atoms with Crippen molar-refractivity contribution in [1.29, 1.82) is 0 Å². The van der Waals surface area contributed by atoms with Gasteiger partial charge in [-0.1, -0.05) is 23.6 Å². The molecule has 1 aliphatic heterocycles. The number of aromatic nitrogens is 2. The summed E-state index contributed by atoms with van der Waals surface area (Å²) in [5.41, 5.74) is 5.98. The lowest BCUT2D eigenvalue weighted by Gasteiger charge is -2.20. The van der Waals surface area contributed by atoms with Crippen LogP contribution in [-0.2, 0) is 13.0 Å². The van der Waals surface area contributed by atoms with E-state index in [1.54, 1.807) is 6.20 Å². The molecule has 2 aromatic rings. The summed E-state index contributed by atoms with van der Waals surface area (Å²) in [7, 11) is 2.15. The van der Waals surface area contributed by atoms with E-state index in [0.717, 1.165) is 25.1 Å². The van der Waals surface area contributed by atoms with E-state index >= 15 is 0 Å². The molecular weight excluding hydrogens is 312 g/mol. The van der Waals surface area contributed by atoms with E-state index in [9.17, 15) is 0 Å². The molecule has 1 aliphatic rings. The standard InChI is InChI=1S/C19H24N6/c1-7-8-25-11-17(20-5)21-19(25)23-22-16-9-12(2)18-15(14(16)4)10-13(3)24(18)6/h9,11,13H,7-8,10H2,1-4,6H3. The van der Waals surface area contributed by atoms with Crippen LogP contribution in [0.15, 0.2) is 22.5 Å². The number of azo groups is 1. The van der Waals surface area contributed by atoms with E-state index < -0.39 is 0 Å². The first-order chi connectivity index (χ1) is 12.0. The van der Waals surface area contributed by atoms with Crippen LogP contribution in [0.2, 0.25) is 0 Å². The van der Waals surface area contributed by atoms with Crippen LogP contribution in [0.5, 0.6) is 0 Å². The predicted molar refractivity (Wildman–Crippen MR) is 100 cm³/mol. The zero-order valence-corrected chi connectivity index (χ0v) is 15.5. The normalized spacial score (nSPS) is 16.5. The molecule has 6 heteroatoms. The van der Waals surface area contributed by atoms with E-state index in [2.05, 4.69) is 65.8 Å². The Labute approximate surface area is 149 Å². The summed E-state index contributed by atoms with van der Waals surface area (Å²) >= 11 is 0. The van der Waals surface area contributed by atoms with Gasteiger partial charge in [-0.3, -0.25) is 0 Å². The predicted octanol–water partition coefficient (Wildman–Crippen LogP) is 5.26. The molecule has 0 radical (unpaired) electrons. The first kappa shape index (κ1) is 17.2. The highest BCUT2D eigenvalue weighted by atomic mass is 15.3. The van der Waals surface area contributed by atoms with Crippen molar-refractivity contribution in [2.75, 3.05) is 11.9 Å². The fraction of sp³-hybridized carbons (Fsp3) is 0.474. The van der Waals surface area contributed by atoms with Crippen molar-refractivity contribution >= 4 is 23.1 Å². The lowest BCUT2D eigenvalue weighted by atomic mass is 9.99. The minimum absolute atomic E-state index is 0.361. The van der Waals surface area contributed by atoms with Gasteiger partial charge in [0.2, 0.25) is 0 Å². The van der Waals surface area contributed by atoms with Crippen LogP contribution in [-0.4, -0.2) is 22.6 Å². The lowest BCUT2D eigenvalue weighted by Crippen LogP contribution is -2.24. The summed E-state index contributed by atoms with van der Waals surface area (Å²) < 4.78 is 1.89. The zero-order valence-electron chi connectivity index (χ0n) is 15.5. The Bertz CT molecular complexity index is 871. The van der Waals surface area contributed by atoms with Gasteiger partial charge in [-0.25, -0.2) is 0 Å². The van der Waals surface area contributed by atoms with Gasteiger partial charge in [0.05, 0.1) is 5.69 Å². The number of hydrogen-bond donors (Lipinski definition) is 0. The molecule has 3 rings (SSSR count). The SMILES string of the molecule is [C-]#[N+]c1cn(CCC)c(N=Nc2cc(C)c3c(c2C)CC(C)N3C)n1. The topological polar surface area (TPSA) is 50.1 Å². The molecule has 1 aromatic heterocycles. The molecule has 0 bridgehead atoms. The van der Waals surface area contributed by atoms with Gasteiger partial charge in [0, 0.05) is 31.5 Å². The number of nitrogens with zero attached hydrogens (tertiary/aromatic N) is 6. The Morgan fingerprint density at radius 3 is 2.80 bits per heavy atom. The Hall–Kier alpha value is -2.68. The number of benzene rings is 1. The maximum absolute atomic E-state index is 7.14. The number of aryl methyl sites for hydroxylation is 2. The average Bonchev–Trinajstić information content (AvgIpc) is 3.12. The Balaban J connectivity index is 1.99. The summed E-state index contributed by atoms with van der Waals surface area (Å²) in [6.45, 7) is 16.5. The number of anilines is 1. The second kappa shape index (κ2) is 6.67. The first-order valence-corrected chi connectivity index (χ1v) is 8.68. The van der Waals surface area contributed by atoms with Crippen LogP contribution in [0.25, 0.3) is 4.85 Å². The summed E-state index contributed by atoms with van der Waals surface area (Å²) in [4.78, 5) is 9.99. The van der Waals surface area contributed by atoms with Gasteiger partial charge < -0.3 is 14.3 Å². The van der Waals surface area contributed by atoms with Crippen molar-refractivity contribution in [3.05, 3.63) is 40.4 Å². The molecule has 130 valence electrons. The maximum Gasteiger partial charge on any atom is 0.344 e. The second-order valence-corrected chi connectivity index (χ2v) is 6.73. The molecule has 0 fully saturated rings. The number of imidazole rings is 1. The van der Waals surface area contributed by atoms with Crippen LogP contribution in [0.1, 0.15) is 37.0 Å². The molecule has 6 nitrogen and oxygen atoms in total. The largest absolute Gasteiger partial charge is 0.371 e. The number of likely N-dealkylation sites (N-methyl/N-ethyl adjacent to an activating group) is 1. The van der Waals surface area contributed by atoms with Gasteiger partial charge in [0.15, 0.2) is 0 Å². The maximum atomic E-state index is 7.14. The summed E-state index contributed by atoms with van der Waals surface area (Å²) in [5.74, 6) is 0.857. The van der Waals surface area contributed by atoms with Crippen molar-refractivity contribution < 1.29 is 0 Å². The van der Waals surface area contributed by atoms with Gasteiger partial charge in [-0.05, 0) is 56.4 Å². The van der Waals surface area contributed by atoms with Gasteiger partial charge >= 0.3 is 5.95 Å². The molecule has 0 saturated carbocycles. The summed E-state index contributed by atoms with van der Waals surface area (Å²) in [6.07, 6.45) is 3.73. The van der Waals surface area contributed by atoms with E-state index in [1.807, 2.05) is 4.57 Å². The third-order valence-corrected chi connectivity index (χ3v) is 4.93. The monoisotopic (exact) mass is 336 g/mol. The molecular formula is C19H24N6. The minimum Gasteiger partial charge on any atom is -0.371 e. The van der Waals surface area contributed by atoms with Crippen LogP contribution >= 0.6 is 0 Å². The molecule has 0 saturated heterocycles. The number of rotatable bonds is 4. The molecule has 1 atom stereocenters. The summed E-state index contributed by atoms with van der Waals surface area (Å²) in [6, 6.07) is 2.60. The van der Waals surface area contributed by atoms with E-state index in [-0.39, 0.29) is 0 Å². The molecule has 1 unspecified atom stereocenters. The smallest absolute Gasteiger partial charge is 0.344 e.